The molecule has 0 aliphatic heterocycles. The highest BCUT2D eigenvalue weighted by Crippen LogP contribution is 2.17. The maximum atomic E-state index is 12.8. The summed E-state index contributed by atoms with van der Waals surface area (Å²) in [6.45, 7) is 6.70. The Morgan fingerprint density at radius 2 is 0.435 bits per heavy atom. The van der Waals surface area contributed by atoms with Gasteiger partial charge in [0.05, 0.1) is 0 Å². The van der Waals surface area contributed by atoms with Crippen LogP contribution in [0, 0.1) is 0 Å². The molecule has 0 amide bonds. The molecule has 0 bridgehead atoms. The summed E-state index contributed by atoms with van der Waals surface area (Å²) in [6, 6.07) is 0. The Hall–Kier alpha value is -1.59. The van der Waals surface area contributed by atoms with E-state index >= 15 is 0 Å². The van der Waals surface area contributed by atoms with Crippen molar-refractivity contribution in [1.82, 2.24) is 0 Å². The summed E-state index contributed by atoms with van der Waals surface area (Å²) in [5.74, 6) is -0.834. The lowest BCUT2D eigenvalue weighted by molar-refractivity contribution is -0.167. The van der Waals surface area contributed by atoms with Crippen LogP contribution in [-0.4, -0.2) is 37.2 Å². The number of unbranched alkanes of at least 4 members (excludes halogenated alkanes) is 41. The van der Waals surface area contributed by atoms with Gasteiger partial charge in [-0.05, 0) is 19.3 Å². The predicted octanol–water partition coefficient (Wildman–Crippen LogP) is 18.4. The summed E-state index contributed by atoms with van der Waals surface area (Å²) in [5, 5.41) is 0. The molecule has 0 heterocycles. The Kier molecular flexibility index (Phi) is 50.7. The van der Waals surface area contributed by atoms with Gasteiger partial charge in [0.1, 0.15) is 13.2 Å². The third-order valence-corrected chi connectivity index (χ3v) is 12.9. The van der Waals surface area contributed by atoms with Crippen LogP contribution < -0.4 is 0 Å². The third-order valence-electron chi connectivity index (χ3n) is 12.9. The van der Waals surface area contributed by atoms with E-state index in [1.54, 1.807) is 0 Å². The molecule has 0 aliphatic carbocycles. The molecule has 0 aliphatic rings. The van der Waals surface area contributed by atoms with E-state index in [-0.39, 0.29) is 31.1 Å². The molecular formula is C56H108O6. The average Bonchev–Trinajstić information content (AvgIpc) is 3.27. The zero-order valence-electron chi connectivity index (χ0n) is 42.2. The van der Waals surface area contributed by atoms with Crippen LogP contribution in [0.2, 0.25) is 0 Å². The molecule has 368 valence electrons. The van der Waals surface area contributed by atoms with Crippen molar-refractivity contribution >= 4 is 17.9 Å². The van der Waals surface area contributed by atoms with Crippen LogP contribution in [0.3, 0.4) is 0 Å². The molecule has 6 nitrogen and oxygen atoms in total. The lowest BCUT2D eigenvalue weighted by Gasteiger charge is -2.18. The zero-order chi connectivity index (χ0) is 45.1. The standard InChI is InChI=1S/C56H108O6/c1-4-7-10-13-16-19-22-25-27-28-29-32-34-37-40-43-46-49-55(58)61-52-53(51-60-54(57)48-45-42-39-36-33-30-24-21-18-15-12-9-6-3)62-56(59)50-47-44-41-38-35-31-26-23-20-17-14-11-8-5-2/h53H,4-52H2,1-3H3/t53-/m1/s1. The fraction of sp³-hybridized carbons (Fsp3) is 0.946. The van der Waals surface area contributed by atoms with E-state index in [4.69, 9.17) is 14.2 Å². The van der Waals surface area contributed by atoms with Gasteiger partial charge >= 0.3 is 17.9 Å². The van der Waals surface area contributed by atoms with E-state index < -0.39 is 6.10 Å². The van der Waals surface area contributed by atoms with Crippen molar-refractivity contribution in [3.05, 3.63) is 0 Å². The van der Waals surface area contributed by atoms with Crippen LogP contribution in [0.5, 0.6) is 0 Å². The number of esters is 3. The molecule has 6 heteroatoms. The molecule has 0 aromatic heterocycles. The van der Waals surface area contributed by atoms with Gasteiger partial charge in [0.2, 0.25) is 0 Å². The Morgan fingerprint density at radius 1 is 0.258 bits per heavy atom. The number of carbonyl (C=O) groups excluding carboxylic acids is 3. The van der Waals surface area contributed by atoms with Gasteiger partial charge in [-0.15, -0.1) is 0 Å². The molecule has 0 spiro atoms. The van der Waals surface area contributed by atoms with Gasteiger partial charge in [-0.2, -0.15) is 0 Å². The van der Waals surface area contributed by atoms with E-state index in [9.17, 15) is 14.4 Å². The van der Waals surface area contributed by atoms with Crippen molar-refractivity contribution in [2.75, 3.05) is 13.2 Å². The maximum Gasteiger partial charge on any atom is 0.306 e. The summed E-state index contributed by atoms with van der Waals surface area (Å²) < 4.78 is 16.9. The van der Waals surface area contributed by atoms with Gasteiger partial charge in [0, 0.05) is 19.3 Å². The fourth-order valence-corrected chi connectivity index (χ4v) is 8.62. The van der Waals surface area contributed by atoms with Crippen molar-refractivity contribution in [3.8, 4) is 0 Å². The molecule has 0 aromatic carbocycles. The first-order valence-electron chi connectivity index (χ1n) is 28.0. The molecular weight excluding hydrogens is 769 g/mol. The van der Waals surface area contributed by atoms with Crippen LogP contribution in [-0.2, 0) is 28.6 Å². The maximum absolute atomic E-state index is 12.8. The molecule has 0 rings (SSSR count). The monoisotopic (exact) mass is 877 g/mol. The van der Waals surface area contributed by atoms with Gasteiger partial charge in [0.15, 0.2) is 6.10 Å². The zero-order valence-corrected chi connectivity index (χ0v) is 42.2. The Bertz CT molecular complexity index is 920. The highest BCUT2D eigenvalue weighted by molar-refractivity contribution is 5.71. The number of rotatable bonds is 52. The number of carbonyl (C=O) groups is 3. The van der Waals surface area contributed by atoms with E-state index in [2.05, 4.69) is 20.8 Å². The van der Waals surface area contributed by atoms with Gasteiger partial charge < -0.3 is 14.2 Å². The molecule has 0 N–H and O–H groups in total. The third kappa shape index (κ3) is 49.4. The minimum Gasteiger partial charge on any atom is -0.462 e. The van der Waals surface area contributed by atoms with Crippen LogP contribution >= 0.6 is 0 Å². The second kappa shape index (κ2) is 52.0. The quantitative estimate of drug-likeness (QED) is 0.0344. The topological polar surface area (TPSA) is 78.9 Å². The minimum absolute atomic E-state index is 0.0612. The molecule has 0 fully saturated rings. The van der Waals surface area contributed by atoms with Crippen molar-refractivity contribution in [2.45, 2.75) is 329 Å². The molecule has 0 saturated carbocycles. The van der Waals surface area contributed by atoms with Gasteiger partial charge in [-0.1, -0.05) is 284 Å². The number of ether oxygens (including phenoxy) is 3. The lowest BCUT2D eigenvalue weighted by atomic mass is 10.0. The molecule has 62 heavy (non-hydrogen) atoms. The van der Waals surface area contributed by atoms with E-state index in [0.29, 0.717) is 19.3 Å². The van der Waals surface area contributed by atoms with Crippen molar-refractivity contribution in [1.29, 1.82) is 0 Å². The van der Waals surface area contributed by atoms with E-state index in [1.165, 1.54) is 225 Å². The second-order valence-electron chi connectivity index (χ2n) is 19.2. The van der Waals surface area contributed by atoms with E-state index in [0.717, 1.165) is 57.8 Å². The first kappa shape index (κ1) is 60.4. The Balaban J connectivity index is 4.28. The van der Waals surface area contributed by atoms with Crippen LogP contribution in [0.4, 0.5) is 0 Å². The predicted molar refractivity (Wildman–Crippen MR) is 266 cm³/mol. The molecule has 0 unspecified atom stereocenters. The summed E-state index contributed by atoms with van der Waals surface area (Å²) in [7, 11) is 0. The normalized spacial score (nSPS) is 11.9. The Morgan fingerprint density at radius 3 is 0.645 bits per heavy atom. The first-order valence-corrected chi connectivity index (χ1v) is 28.0. The smallest absolute Gasteiger partial charge is 0.306 e. The SMILES string of the molecule is CCCCCCCCCCCCCCCCCCCC(=O)OC[C@@H](COC(=O)CCCCCCCCCCCCCCC)OC(=O)CCCCCCCCCCCCCCCC. The molecule has 1 atom stereocenters. The summed E-state index contributed by atoms with van der Waals surface area (Å²) in [4.78, 5) is 38.0. The largest absolute Gasteiger partial charge is 0.462 e. The molecule has 0 aromatic rings. The number of hydrogen-bond acceptors (Lipinski definition) is 6. The van der Waals surface area contributed by atoms with Gasteiger partial charge in [-0.25, -0.2) is 0 Å². The van der Waals surface area contributed by atoms with Gasteiger partial charge in [-0.3, -0.25) is 14.4 Å². The summed E-state index contributed by atoms with van der Waals surface area (Å²) in [6.07, 6.45) is 56.6. The van der Waals surface area contributed by atoms with Gasteiger partial charge in [0.25, 0.3) is 0 Å². The van der Waals surface area contributed by atoms with Crippen molar-refractivity contribution in [2.24, 2.45) is 0 Å². The Labute approximate surface area is 387 Å². The van der Waals surface area contributed by atoms with Crippen LogP contribution in [0.1, 0.15) is 323 Å². The highest BCUT2D eigenvalue weighted by Gasteiger charge is 2.19. The lowest BCUT2D eigenvalue weighted by Crippen LogP contribution is -2.30. The first-order chi connectivity index (χ1) is 30.5. The second-order valence-corrected chi connectivity index (χ2v) is 19.2. The number of hydrogen-bond donors (Lipinski definition) is 0. The fourth-order valence-electron chi connectivity index (χ4n) is 8.62. The van der Waals surface area contributed by atoms with Crippen molar-refractivity contribution < 1.29 is 28.6 Å². The summed E-state index contributed by atoms with van der Waals surface area (Å²) >= 11 is 0. The average molecular weight is 877 g/mol. The van der Waals surface area contributed by atoms with Crippen LogP contribution in [0.25, 0.3) is 0 Å². The molecule has 0 radical (unpaired) electrons. The molecule has 0 saturated heterocycles. The highest BCUT2D eigenvalue weighted by atomic mass is 16.6. The van der Waals surface area contributed by atoms with E-state index in [1.807, 2.05) is 0 Å². The van der Waals surface area contributed by atoms with Crippen molar-refractivity contribution in [3.63, 3.8) is 0 Å². The van der Waals surface area contributed by atoms with Crippen LogP contribution in [0.15, 0.2) is 0 Å². The minimum atomic E-state index is -0.760. The summed E-state index contributed by atoms with van der Waals surface area (Å²) in [5.41, 5.74) is 0.